The Hall–Kier alpha value is -3.33. The quantitative estimate of drug-likeness (QED) is 0.617. The summed E-state index contributed by atoms with van der Waals surface area (Å²) in [5.74, 6) is -0.102. The van der Waals surface area contributed by atoms with Crippen molar-refractivity contribution in [3.8, 4) is 5.75 Å². The third-order valence-corrected chi connectivity index (χ3v) is 6.28. The first kappa shape index (κ1) is 28.2. The van der Waals surface area contributed by atoms with E-state index in [9.17, 15) is 19.2 Å². The van der Waals surface area contributed by atoms with Gasteiger partial charge in [0.15, 0.2) is 0 Å². The molecule has 0 fully saturated rings. The van der Waals surface area contributed by atoms with Crippen molar-refractivity contribution in [1.82, 2.24) is 20.1 Å². The second-order valence-corrected chi connectivity index (χ2v) is 10.0. The molecule has 0 aliphatic carbocycles. The Morgan fingerprint density at radius 1 is 1.16 bits per heavy atom. The second kappa shape index (κ2) is 13.8. The van der Waals surface area contributed by atoms with Gasteiger partial charge in [0.1, 0.15) is 12.4 Å². The normalized spacial score (nSPS) is 17.6. The largest absolute Gasteiger partial charge is 0.491 e. The summed E-state index contributed by atoms with van der Waals surface area (Å²) in [6.45, 7) is 5.16. The summed E-state index contributed by atoms with van der Waals surface area (Å²) >= 11 is 6.12. The minimum atomic E-state index is -0.316. The fourth-order valence-corrected chi connectivity index (χ4v) is 4.39. The molecule has 9 nitrogen and oxygen atoms in total. The van der Waals surface area contributed by atoms with Crippen molar-refractivity contribution >= 4 is 29.3 Å². The number of nitrogens with one attached hydrogen (secondary N) is 2. The first-order valence-electron chi connectivity index (χ1n) is 12.7. The van der Waals surface area contributed by atoms with Crippen LogP contribution in [0.4, 0.5) is 0 Å². The summed E-state index contributed by atoms with van der Waals surface area (Å²) in [5, 5.41) is 6.31. The lowest BCUT2D eigenvalue weighted by Gasteiger charge is -2.25. The number of aryl methyl sites for hydroxylation is 1. The van der Waals surface area contributed by atoms with E-state index in [1.165, 1.54) is 15.5 Å². The lowest BCUT2D eigenvalue weighted by molar-refractivity contribution is -0.136. The first-order chi connectivity index (χ1) is 17.7. The Kier molecular flexibility index (Phi) is 10.6. The van der Waals surface area contributed by atoms with Crippen molar-refractivity contribution in [3.05, 3.63) is 63.5 Å². The molecular formula is C27H35ClN4O5. The predicted molar refractivity (Wildman–Crippen MR) is 142 cm³/mol. The van der Waals surface area contributed by atoms with E-state index in [-0.39, 0.29) is 61.4 Å². The average molecular weight is 531 g/mol. The van der Waals surface area contributed by atoms with E-state index in [1.807, 2.05) is 13.8 Å². The van der Waals surface area contributed by atoms with E-state index in [1.54, 1.807) is 36.5 Å². The zero-order valence-electron chi connectivity index (χ0n) is 21.4. The van der Waals surface area contributed by atoms with Gasteiger partial charge < -0.3 is 24.8 Å². The molecule has 1 aromatic carbocycles. The molecule has 0 saturated heterocycles. The molecule has 2 aromatic rings. The van der Waals surface area contributed by atoms with Crippen LogP contribution in [0, 0.1) is 5.92 Å². The van der Waals surface area contributed by atoms with E-state index < -0.39 is 0 Å². The number of carbonyl (C=O) groups excluding carboxylic acids is 3. The van der Waals surface area contributed by atoms with Crippen molar-refractivity contribution in [2.24, 2.45) is 5.92 Å². The maximum absolute atomic E-state index is 13.0. The lowest BCUT2D eigenvalue weighted by atomic mass is 10.0. The molecule has 2 heterocycles. The summed E-state index contributed by atoms with van der Waals surface area (Å²) < 4.78 is 7.45. The number of rotatable bonds is 5. The zero-order chi connectivity index (χ0) is 26.8. The highest BCUT2D eigenvalue weighted by Crippen LogP contribution is 2.23. The molecule has 3 amide bonds. The molecule has 1 aliphatic rings. The highest BCUT2D eigenvalue weighted by molar-refractivity contribution is 6.31. The van der Waals surface area contributed by atoms with Gasteiger partial charge in [0.05, 0.1) is 18.2 Å². The number of fused-ring (bicyclic) bond motifs is 1. The van der Waals surface area contributed by atoms with Crippen LogP contribution >= 0.6 is 11.6 Å². The summed E-state index contributed by atoms with van der Waals surface area (Å²) in [6.07, 6.45) is 3.60. The van der Waals surface area contributed by atoms with Gasteiger partial charge >= 0.3 is 0 Å². The molecule has 0 bridgehead atoms. The van der Waals surface area contributed by atoms with Gasteiger partial charge in [-0.2, -0.15) is 0 Å². The van der Waals surface area contributed by atoms with Crippen molar-refractivity contribution in [2.75, 3.05) is 26.2 Å². The molecule has 0 unspecified atom stereocenters. The molecule has 0 radical (unpaired) electrons. The Labute approximate surface area is 222 Å². The Balaban J connectivity index is 1.75. The maximum Gasteiger partial charge on any atom is 0.255 e. The van der Waals surface area contributed by atoms with Crippen molar-refractivity contribution < 1.29 is 19.1 Å². The third kappa shape index (κ3) is 8.93. The molecule has 200 valence electrons. The van der Waals surface area contributed by atoms with Crippen LogP contribution in [0.1, 0.15) is 49.9 Å². The number of nitrogens with zero attached hydrogens (tertiary/aromatic N) is 2. The number of amides is 3. The van der Waals surface area contributed by atoms with E-state index in [2.05, 4.69) is 10.6 Å². The Morgan fingerprint density at radius 3 is 2.73 bits per heavy atom. The van der Waals surface area contributed by atoms with Gasteiger partial charge in [-0.1, -0.05) is 31.5 Å². The fourth-order valence-electron chi connectivity index (χ4n) is 4.22. The highest BCUT2D eigenvalue weighted by Gasteiger charge is 2.22. The molecular weight excluding hydrogens is 496 g/mol. The van der Waals surface area contributed by atoms with E-state index >= 15 is 0 Å². The molecule has 2 N–H and O–H groups in total. The van der Waals surface area contributed by atoms with E-state index in [0.29, 0.717) is 48.7 Å². The lowest BCUT2D eigenvalue weighted by Crippen LogP contribution is -2.47. The number of ether oxygens (including phenoxy) is 1. The monoisotopic (exact) mass is 530 g/mol. The molecule has 1 atom stereocenters. The summed E-state index contributed by atoms with van der Waals surface area (Å²) in [6, 6.07) is 9.40. The second-order valence-electron chi connectivity index (χ2n) is 9.61. The van der Waals surface area contributed by atoms with Crippen molar-refractivity contribution in [1.29, 1.82) is 0 Å². The first-order valence-corrected chi connectivity index (χ1v) is 13.0. The minimum absolute atomic E-state index is 0.0876. The van der Waals surface area contributed by atoms with Gasteiger partial charge in [0.25, 0.3) is 11.5 Å². The number of hydrogen-bond acceptors (Lipinski definition) is 5. The molecule has 0 spiro atoms. The van der Waals surface area contributed by atoms with Crippen LogP contribution in [-0.2, 0) is 16.1 Å². The van der Waals surface area contributed by atoms with Gasteiger partial charge in [-0.3, -0.25) is 19.2 Å². The maximum atomic E-state index is 13.0. The zero-order valence-corrected chi connectivity index (χ0v) is 22.1. The van der Waals surface area contributed by atoms with E-state index in [4.69, 9.17) is 16.3 Å². The number of halogens is 1. The van der Waals surface area contributed by atoms with Gasteiger partial charge in [0, 0.05) is 43.3 Å². The van der Waals surface area contributed by atoms with E-state index in [0.717, 1.165) is 0 Å². The van der Waals surface area contributed by atoms with Gasteiger partial charge in [-0.05, 0) is 49.4 Å². The molecule has 0 saturated carbocycles. The molecule has 1 aliphatic heterocycles. The van der Waals surface area contributed by atoms with Crippen LogP contribution in [-0.4, -0.2) is 59.5 Å². The summed E-state index contributed by atoms with van der Waals surface area (Å²) in [7, 11) is 0. The van der Waals surface area contributed by atoms with Gasteiger partial charge in [-0.15, -0.1) is 0 Å². The third-order valence-electron chi connectivity index (χ3n) is 6.04. The number of pyridine rings is 1. The van der Waals surface area contributed by atoms with Crippen LogP contribution < -0.4 is 20.9 Å². The number of aromatic nitrogens is 1. The van der Waals surface area contributed by atoms with Crippen molar-refractivity contribution in [2.45, 2.75) is 52.1 Å². The SMILES string of the molecule is CC(C)C[C@H]1COc2ccc(Cl)cc2C(=O)NCCCCN(C(=O)CCn2ccccc2=O)CC(=O)N1. The molecule has 10 heteroatoms. The fraction of sp³-hybridized carbons (Fsp3) is 0.481. The van der Waals surface area contributed by atoms with Crippen LogP contribution in [0.15, 0.2) is 47.4 Å². The smallest absolute Gasteiger partial charge is 0.255 e. The predicted octanol–water partition coefficient (Wildman–Crippen LogP) is 2.85. The Morgan fingerprint density at radius 2 is 1.97 bits per heavy atom. The molecule has 3 rings (SSSR count). The Bertz CT molecular complexity index is 1150. The van der Waals surface area contributed by atoms with Crippen molar-refractivity contribution in [3.63, 3.8) is 0 Å². The molecule has 37 heavy (non-hydrogen) atoms. The minimum Gasteiger partial charge on any atom is -0.491 e. The van der Waals surface area contributed by atoms with Crippen LogP contribution in [0.3, 0.4) is 0 Å². The van der Waals surface area contributed by atoms with Crippen LogP contribution in [0.2, 0.25) is 5.02 Å². The summed E-state index contributed by atoms with van der Waals surface area (Å²) in [4.78, 5) is 52.3. The average Bonchev–Trinajstić information content (AvgIpc) is 2.85. The standard InChI is InChI=1S/C27H35ClN4O5/c1-19(2)15-21-18-37-23-9-8-20(28)16-22(23)27(36)29-11-4-6-13-32(17-24(33)30-21)26(35)10-14-31-12-5-3-7-25(31)34/h3,5,7-9,12,16,19,21H,4,6,10-11,13-15,17-18H2,1-2H3,(H,29,36)(H,30,33)/t21-/m0/s1. The number of hydrogen-bond donors (Lipinski definition) is 2. The summed E-state index contributed by atoms with van der Waals surface area (Å²) in [5.41, 5.74) is 0.157. The van der Waals surface area contributed by atoms with Crippen LogP contribution in [0.5, 0.6) is 5.75 Å². The highest BCUT2D eigenvalue weighted by atomic mass is 35.5. The van der Waals surface area contributed by atoms with Gasteiger partial charge in [-0.25, -0.2) is 0 Å². The van der Waals surface area contributed by atoms with Crippen LogP contribution in [0.25, 0.3) is 0 Å². The topological polar surface area (TPSA) is 110 Å². The number of carbonyl (C=O) groups is 3. The molecule has 1 aromatic heterocycles. The number of benzene rings is 1. The van der Waals surface area contributed by atoms with Gasteiger partial charge in [0.2, 0.25) is 11.8 Å².